The quantitative estimate of drug-likeness (QED) is 0.650. The number of hydrogen-bond acceptors (Lipinski definition) is 0. The third kappa shape index (κ3) is 5.32. The van der Waals surface area contributed by atoms with Gasteiger partial charge in [-0.15, -0.1) is 0 Å². The first-order chi connectivity index (χ1) is 5.84. The molecule has 0 rings (SSSR count). The summed E-state index contributed by atoms with van der Waals surface area (Å²) in [6.07, 6.45) is 0. The minimum atomic E-state index is -0.0558. The molecular weight excluding hydrogens is 189 g/mol. The molecule has 0 unspecified atom stereocenters. The van der Waals surface area contributed by atoms with E-state index in [4.69, 9.17) is 0 Å². The Bertz CT molecular complexity index is 164. The van der Waals surface area contributed by atoms with E-state index in [0.717, 1.165) is 0 Å². The van der Waals surface area contributed by atoms with Crippen LogP contribution in [-0.4, -0.2) is 15.9 Å². The summed E-state index contributed by atoms with van der Waals surface area (Å²) in [4.78, 5) is 0. The van der Waals surface area contributed by atoms with Crippen molar-refractivity contribution in [1.82, 2.24) is 0 Å². The zero-order valence-electron chi connectivity index (χ0n) is 11.5. The largest absolute Gasteiger partial charge is 0.327 e. The van der Waals surface area contributed by atoms with E-state index >= 15 is 0 Å². The first-order valence-corrected chi connectivity index (χ1v) is 6.90. The Labute approximate surface area is 91.9 Å². The molecule has 0 aliphatic heterocycles. The molecule has 0 amide bonds. The van der Waals surface area contributed by atoms with Crippen LogP contribution in [-0.2, 0) is 0 Å². The monoisotopic (exact) mass is 218 g/mol. The van der Waals surface area contributed by atoms with Gasteiger partial charge in [-0.3, -0.25) is 0 Å². The van der Waals surface area contributed by atoms with Crippen LogP contribution in [0.15, 0.2) is 0 Å². The Morgan fingerprint density at radius 2 is 0.929 bits per heavy atom. The lowest BCUT2D eigenvalue weighted by molar-refractivity contribution is -0.578. The highest BCUT2D eigenvalue weighted by molar-refractivity contribution is 7.53. The lowest BCUT2D eigenvalue weighted by atomic mass is 10.1. The molecule has 0 saturated carbocycles. The van der Waals surface area contributed by atoms with Crippen LogP contribution in [0.2, 0.25) is 0 Å². The summed E-state index contributed by atoms with van der Waals surface area (Å²) in [5.41, 5.74) is 0.340. The molecule has 0 fully saturated rings. The molecule has 2 heteroatoms. The van der Waals surface area contributed by atoms with Gasteiger partial charge in [-0.2, -0.15) is 0 Å². The zero-order chi connectivity index (χ0) is 11.8. The van der Waals surface area contributed by atoms with Gasteiger partial charge in [-0.1, -0.05) is 41.5 Å². The molecule has 2 N–H and O–H groups in total. The van der Waals surface area contributed by atoms with Crippen LogP contribution < -0.4 is 5.09 Å². The molecule has 14 heavy (non-hydrogen) atoms. The van der Waals surface area contributed by atoms with Crippen molar-refractivity contribution in [3.8, 4) is 0 Å². The van der Waals surface area contributed by atoms with Crippen molar-refractivity contribution >= 4 is 8.07 Å². The van der Waals surface area contributed by atoms with Gasteiger partial charge in [0.15, 0.2) is 0 Å². The summed E-state index contributed by atoms with van der Waals surface area (Å²) in [6.45, 7) is 21.1. The molecule has 1 nitrogen and oxygen atoms in total. The summed E-state index contributed by atoms with van der Waals surface area (Å²) in [7, 11) is -0.0558. The van der Waals surface area contributed by atoms with E-state index in [-0.39, 0.29) is 8.07 Å². The SMILES string of the molecule is CC(C)(C)[NH2+]P(C(C)(C)C)C(C)(C)C. The topological polar surface area (TPSA) is 16.6 Å². The van der Waals surface area contributed by atoms with Gasteiger partial charge in [-0.25, -0.2) is 0 Å². The first kappa shape index (κ1) is 14.4. The van der Waals surface area contributed by atoms with Crippen molar-refractivity contribution in [3.63, 3.8) is 0 Å². The second-order valence-electron chi connectivity index (χ2n) is 7.21. The third-order valence-corrected chi connectivity index (χ3v) is 5.89. The summed E-state index contributed by atoms with van der Waals surface area (Å²) in [5, 5.41) is 3.42. The van der Waals surface area contributed by atoms with Crippen molar-refractivity contribution in [1.29, 1.82) is 0 Å². The molecule has 0 aromatic heterocycles. The fourth-order valence-electron chi connectivity index (χ4n) is 1.78. The molecule has 0 atom stereocenters. The highest BCUT2D eigenvalue weighted by Crippen LogP contribution is 2.52. The highest BCUT2D eigenvalue weighted by atomic mass is 31.1. The average molecular weight is 218 g/mol. The lowest BCUT2D eigenvalue weighted by Crippen LogP contribution is -2.91. The zero-order valence-corrected chi connectivity index (χ0v) is 12.4. The fraction of sp³-hybridized carbons (Fsp3) is 1.00. The van der Waals surface area contributed by atoms with Gasteiger partial charge >= 0.3 is 0 Å². The lowest BCUT2D eigenvalue weighted by Gasteiger charge is -2.40. The van der Waals surface area contributed by atoms with Gasteiger partial charge in [0, 0.05) is 10.3 Å². The molecule has 0 aromatic carbocycles. The average Bonchev–Trinajstić information content (AvgIpc) is 1.75. The summed E-state index contributed by atoms with van der Waals surface area (Å²) >= 11 is 0. The van der Waals surface area contributed by atoms with Gasteiger partial charge in [0.1, 0.15) is 8.07 Å². The molecule has 0 radical (unpaired) electrons. The fourth-order valence-corrected chi connectivity index (χ4v) is 5.34. The van der Waals surface area contributed by atoms with Crippen molar-refractivity contribution in [2.45, 2.75) is 78.2 Å². The molecule has 0 aliphatic carbocycles. The van der Waals surface area contributed by atoms with E-state index in [1.807, 2.05) is 0 Å². The van der Waals surface area contributed by atoms with E-state index in [2.05, 4.69) is 67.4 Å². The van der Waals surface area contributed by atoms with Crippen molar-refractivity contribution in [3.05, 3.63) is 0 Å². The molecular formula is C12H29NP+. The molecule has 0 aliphatic rings. The van der Waals surface area contributed by atoms with Gasteiger partial charge in [0.2, 0.25) is 0 Å². The number of rotatable bonds is 1. The summed E-state index contributed by atoms with van der Waals surface area (Å²) in [5.74, 6) is 0. The molecule has 86 valence electrons. The van der Waals surface area contributed by atoms with E-state index in [9.17, 15) is 0 Å². The number of quaternary nitrogens is 1. The molecule has 0 aromatic rings. The number of nitrogens with two attached hydrogens (primary N) is 1. The van der Waals surface area contributed by atoms with E-state index in [1.54, 1.807) is 0 Å². The molecule has 0 saturated heterocycles. The van der Waals surface area contributed by atoms with Crippen LogP contribution in [0.4, 0.5) is 0 Å². The van der Waals surface area contributed by atoms with Gasteiger partial charge in [0.05, 0.1) is 5.54 Å². The molecule has 0 spiro atoms. The second-order valence-corrected chi connectivity index (χ2v) is 10.9. The predicted molar refractivity (Wildman–Crippen MR) is 68.1 cm³/mol. The summed E-state index contributed by atoms with van der Waals surface area (Å²) in [6, 6.07) is 0. The van der Waals surface area contributed by atoms with Gasteiger partial charge < -0.3 is 5.09 Å². The third-order valence-electron chi connectivity index (χ3n) is 1.96. The summed E-state index contributed by atoms with van der Waals surface area (Å²) < 4.78 is 0. The highest BCUT2D eigenvalue weighted by Gasteiger charge is 2.41. The van der Waals surface area contributed by atoms with Crippen LogP contribution in [0.25, 0.3) is 0 Å². The van der Waals surface area contributed by atoms with E-state index < -0.39 is 0 Å². The Balaban J connectivity index is 4.78. The Hall–Kier alpha value is 0.390. The Morgan fingerprint density at radius 1 is 0.643 bits per heavy atom. The molecule has 0 bridgehead atoms. The maximum absolute atomic E-state index is 2.59. The minimum absolute atomic E-state index is 0.0558. The molecule has 0 heterocycles. The first-order valence-electron chi connectivity index (χ1n) is 5.49. The maximum atomic E-state index is 2.59. The standard InChI is InChI=1S/C12H28NP/c1-10(2,3)13-14(11(4,5)6)12(7,8)9/h13H,1-9H3/p+1. The van der Waals surface area contributed by atoms with Crippen LogP contribution >= 0.6 is 8.07 Å². The Morgan fingerprint density at radius 3 is 1.00 bits per heavy atom. The van der Waals surface area contributed by atoms with Crippen LogP contribution in [0.3, 0.4) is 0 Å². The Kier molecular flexibility index (Phi) is 4.21. The second kappa shape index (κ2) is 4.10. The number of hydrogen-bond donors (Lipinski definition) is 1. The van der Waals surface area contributed by atoms with E-state index in [1.165, 1.54) is 0 Å². The normalized spacial score (nSPS) is 15.0. The predicted octanol–water partition coefficient (Wildman–Crippen LogP) is 3.34. The van der Waals surface area contributed by atoms with Gasteiger partial charge in [0.25, 0.3) is 0 Å². The van der Waals surface area contributed by atoms with Crippen LogP contribution in [0.1, 0.15) is 62.3 Å². The van der Waals surface area contributed by atoms with Crippen LogP contribution in [0, 0.1) is 0 Å². The van der Waals surface area contributed by atoms with Crippen molar-refractivity contribution < 1.29 is 5.09 Å². The van der Waals surface area contributed by atoms with Gasteiger partial charge in [-0.05, 0) is 20.8 Å². The smallest absolute Gasteiger partial charge is 0.111 e. The maximum Gasteiger partial charge on any atom is 0.111 e. The van der Waals surface area contributed by atoms with Crippen molar-refractivity contribution in [2.75, 3.05) is 0 Å². The van der Waals surface area contributed by atoms with Crippen LogP contribution in [0.5, 0.6) is 0 Å². The van der Waals surface area contributed by atoms with Crippen molar-refractivity contribution in [2.24, 2.45) is 0 Å². The minimum Gasteiger partial charge on any atom is -0.327 e. The van der Waals surface area contributed by atoms with E-state index in [0.29, 0.717) is 15.9 Å².